The topological polar surface area (TPSA) is 68.8 Å². The maximum absolute atomic E-state index is 13.2. The molecule has 0 fully saturated rings. The van der Waals surface area contributed by atoms with Crippen molar-refractivity contribution in [3.63, 3.8) is 0 Å². The molecule has 0 unspecified atom stereocenters. The average molecular weight is 388 g/mol. The number of imidazole rings is 1. The Kier molecular flexibility index (Phi) is 3.88. The number of nitrogens with zero attached hydrogens (tertiary/aromatic N) is 4. The van der Waals surface area contributed by atoms with E-state index < -0.39 is 17.4 Å². The fourth-order valence-corrected chi connectivity index (χ4v) is 3.05. The summed E-state index contributed by atoms with van der Waals surface area (Å²) in [7, 11) is 0. The molecule has 2 aromatic heterocycles. The molecule has 3 heterocycles. The molecule has 0 saturated carbocycles. The molecule has 1 aliphatic heterocycles. The van der Waals surface area contributed by atoms with Crippen LogP contribution in [0.4, 0.5) is 18.9 Å². The third-order valence-electron chi connectivity index (χ3n) is 4.24. The van der Waals surface area contributed by atoms with Gasteiger partial charge in [0.25, 0.3) is 11.5 Å². The average Bonchev–Trinajstić information content (AvgIpc) is 3.11. The molecule has 28 heavy (non-hydrogen) atoms. The Bertz CT molecular complexity index is 1200. The minimum Gasteiger partial charge on any atom is -0.482 e. The second kappa shape index (κ2) is 6.16. The third-order valence-corrected chi connectivity index (χ3v) is 4.24. The Hall–Kier alpha value is -3.74. The molecular formula is C18H11F3N4O3. The maximum atomic E-state index is 13.2. The first-order valence-corrected chi connectivity index (χ1v) is 7.98. The summed E-state index contributed by atoms with van der Waals surface area (Å²) in [6.07, 6.45) is 2.86. The highest BCUT2D eigenvalue weighted by Gasteiger charge is 2.35. The molecule has 0 atom stereocenters. The van der Waals surface area contributed by atoms with Crippen molar-refractivity contribution in [2.24, 2.45) is 0 Å². The van der Waals surface area contributed by atoms with Crippen LogP contribution in [0, 0.1) is 12.3 Å². The molecule has 1 aromatic carbocycles. The molecule has 4 rings (SSSR count). The normalized spacial score (nSPS) is 13.9. The van der Waals surface area contributed by atoms with Gasteiger partial charge in [-0.1, -0.05) is 5.92 Å². The molecule has 3 aromatic rings. The number of rotatable bonds is 2. The van der Waals surface area contributed by atoms with Crippen molar-refractivity contribution in [3.8, 4) is 23.8 Å². The van der Waals surface area contributed by atoms with Gasteiger partial charge in [-0.15, -0.1) is 6.42 Å². The smallest absolute Gasteiger partial charge is 0.432 e. The van der Waals surface area contributed by atoms with Gasteiger partial charge in [0, 0.05) is 18.5 Å². The highest BCUT2D eigenvalue weighted by molar-refractivity contribution is 5.98. The predicted octanol–water partition coefficient (Wildman–Crippen LogP) is 1.86. The number of carbonyl (C=O) groups is 1. The van der Waals surface area contributed by atoms with E-state index >= 15 is 0 Å². The van der Waals surface area contributed by atoms with Gasteiger partial charge in [-0.05, 0) is 18.2 Å². The number of carbonyl (C=O) groups excluding carboxylic acids is 1. The van der Waals surface area contributed by atoms with E-state index in [9.17, 15) is 22.8 Å². The van der Waals surface area contributed by atoms with E-state index in [1.54, 1.807) is 0 Å². The first-order valence-electron chi connectivity index (χ1n) is 7.98. The summed E-state index contributed by atoms with van der Waals surface area (Å²) in [5, 5.41) is 0. The standard InChI is InChI=1S/C18H11F3N4O3/c1-2-6-23-12-8-11(3-4-13(12)28-10-16(23)27)25-15(26)9-14(18(19,20)21)24-7-5-22-17(24)25/h1,3-5,7-9H,6,10H2. The van der Waals surface area contributed by atoms with E-state index in [4.69, 9.17) is 11.2 Å². The van der Waals surface area contributed by atoms with E-state index in [-0.39, 0.29) is 30.5 Å². The summed E-state index contributed by atoms with van der Waals surface area (Å²) >= 11 is 0. The Morgan fingerprint density at radius 2 is 2.04 bits per heavy atom. The molecule has 1 amide bonds. The van der Waals surface area contributed by atoms with Gasteiger partial charge < -0.3 is 4.74 Å². The van der Waals surface area contributed by atoms with Crippen molar-refractivity contribution in [1.82, 2.24) is 14.0 Å². The Morgan fingerprint density at radius 1 is 1.25 bits per heavy atom. The van der Waals surface area contributed by atoms with Crippen molar-refractivity contribution in [3.05, 3.63) is 52.7 Å². The number of fused-ring (bicyclic) bond motifs is 2. The zero-order valence-electron chi connectivity index (χ0n) is 14.1. The number of hydrogen-bond acceptors (Lipinski definition) is 4. The molecule has 0 aliphatic carbocycles. The van der Waals surface area contributed by atoms with E-state index in [1.807, 2.05) is 0 Å². The van der Waals surface area contributed by atoms with Crippen molar-refractivity contribution in [2.45, 2.75) is 6.18 Å². The number of halogens is 3. The van der Waals surface area contributed by atoms with Crippen LogP contribution in [0.25, 0.3) is 11.5 Å². The number of ether oxygens (including phenoxy) is 1. The summed E-state index contributed by atoms with van der Waals surface area (Å²) in [6, 6.07) is 4.96. The lowest BCUT2D eigenvalue weighted by atomic mass is 10.2. The van der Waals surface area contributed by atoms with Crippen LogP contribution in [-0.2, 0) is 11.0 Å². The number of anilines is 1. The molecule has 1 aliphatic rings. The predicted molar refractivity (Wildman–Crippen MR) is 92.5 cm³/mol. The summed E-state index contributed by atoms with van der Waals surface area (Å²) in [5.74, 6) is 2.16. The summed E-state index contributed by atoms with van der Waals surface area (Å²) in [5.41, 5.74) is -1.51. The van der Waals surface area contributed by atoms with Crippen LogP contribution in [0.3, 0.4) is 0 Å². The van der Waals surface area contributed by atoms with Crippen LogP contribution < -0.4 is 15.2 Å². The third kappa shape index (κ3) is 2.68. The van der Waals surface area contributed by atoms with Gasteiger partial charge in [-0.3, -0.25) is 18.9 Å². The molecule has 0 N–H and O–H groups in total. The molecule has 0 spiro atoms. The lowest BCUT2D eigenvalue weighted by molar-refractivity contribution is -0.142. The minimum atomic E-state index is -4.73. The number of terminal acetylenes is 1. The number of aromatic nitrogens is 3. The van der Waals surface area contributed by atoms with Crippen molar-refractivity contribution >= 4 is 17.4 Å². The van der Waals surface area contributed by atoms with Crippen LogP contribution in [0.15, 0.2) is 41.5 Å². The molecule has 10 heteroatoms. The van der Waals surface area contributed by atoms with Crippen LogP contribution in [-0.4, -0.2) is 33.0 Å². The van der Waals surface area contributed by atoms with Crippen molar-refractivity contribution in [2.75, 3.05) is 18.1 Å². The van der Waals surface area contributed by atoms with E-state index in [0.717, 1.165) is 21.4 Å². The maximum Gasteiger partial charge on any atom is 0.432 e. The van der Waals surface area contributed by atoms with Gasteiger partial charge in [0.2, 0.25) is 5.78 Å². The van der Waals surface area contributed by atoms with Crippen LogP contribution in [0.1, 0.15) is 5.69 Å². The number of hydrogen-bond donors (Lipinski definition) is 0. The molecule has 142 valence electrons. The van der Waals surface area contributed by atoms with Crippen LogP contribution in [0.5, 0.6) is 5.75 Å². The highest BCUT2D eigenvalue weighted by atomic mass is 19.4. The minimum absolute atomic E-state index is 0.0145. The zero-order valence-corrected chi connectivity index (χ0v) is 14.1. The molecule has 0 bridgehead atoms. The second-order valence-electron chi connectivity index (χ2n) is 5.92. The van der Waals surface area contributed by atoms with Gasteiger partial charge in [-0.25, -0.2) is 9.55 Å². The number of amides is 1. The second-order valence-corrected chi connectivity index (χ2v) is 5.92. The molecule has 0 radical (unpaired) electrons. The van der Waals surface area contributed by atoms with E-state index in [2.05, 4.69) is 10.9 Å². The van der Waals surface area contributed by atoms with Crippen molar-refractivity contribution in [1.29, 1.82) is 0 Å². The first kappa shape index (κ1) is 17.7. The number of alkyl halides is 3. The van der Waals surface area contributed by atoms with Crippen LogP contribution in [0.2, 0.25) is 0 Å². The summed E-state index contributed by atoms with van der Waals surface area (Å²) < 4.78 is 46.9. The SMILES string of the molecule is C#CCN1C(=O)COc2ccc(-n3c(=O)cc(C(F)(F)F)n4ccnc34)cc21. The van der Waals surface area contributed by atoms with E-state index in [0.29, 0.717) is 17.5 Å². The lowest BCUT2D eigenvalue weighted by Crippen LogP contribution is -2.39. The Balaban J connectivity index is 1.95. The van der Waals surface area contributed by atoms with Gasteiger partial charge >= 0.3 is 6.18 Å². The van der Waals surface area contributed by atoms with Crippen LogP contribution >= 0.6 is 0 Å². The monoisotopic (exact) mass is 388 g/mol. The molecule has 7 nitrogen and oxygen atoms in total. The van der Waals surface area contributed by atoms with Gasteiger partial charge in [0.05, 0.1) is 17.9 Å². The fraction of sp³-hybridized carbons (Fsp3) is 0.167. The number of benzene rings is 1. The van der Waals surface area contributed by atoms with Gasteiger partial charge in [0.1, 0.15) is 11.4 Å². The largest absolute Gasteiger partial charge is 0.482 e. The summed E-state index contributed by atoms with van der Waals surface area (Å²) in [4.78, 5) is 29.8. The fourth-order valence-electron chi connectivity index (χ4n) is 3.05. The van der Waals surface area contributed by atoms with Gasteiger partial charge in [0.15, 0.2) is 6.61 Å². The van der Waals surface area contributed by atoms with E-state index in [1.165, 1.54) is 23.1 Å². The quantitative estimate of drug-likeness (QED) is 0.629. The van der Waals surface area contributed by atoms with Gasteiger partial charge in [-0.2, -0.15) is 13.2 Å². The summed E-state index contributed by atoms with van der Waals surface area (Å²) in [6.45, 7) is -0.196. The first-order chi connectivity index (χ1) is 13.3. The molecular weight excluding hydrogens is 377 g/mol. The highest BCUT2D eigenvalue weighted by Crippen LogP contribution is 2.34. The zero-order chi connectivity index (χ0) is 20.1. The Labute approximate surface area is 155 Å². The lowest BCUT2D eigenvalue weighted by Gasteiger charge is -2.28. The van der Waals surface area contributed by atoms with Crippen molar-refractivity contribution < 1.29 is 22.7 Å². The molecule has 0 saturated heterocycles. The Morgan fingerprint density at radius 3 is 2.75 bits per heavy atom.